The number of methoxy groups -OCH3 is 1. The van der Waals surface area contributed by atoms with E-state index < -0.39 is 11.3 Å². The Bertz CT molecular complexity index is 347. The molecule has 0 atom stereocenters. The lowest BCUT2D eigenvalue weighted by atomic mass is 9.81. The van der Waals surface area contributed by atoms with E-state index in [-0.39, 0.29) is 12.1 Å². The standard InChI is InChI=1S/C12H17F2NO/c1-11(2,8-15)12(13,14)9-4-6-10(16-3)7-5-9/h4-7H,8,15H2,1-3H3. The van der Waals surface area contributed by atoms with E-state index in [1.807, 2.05) is 0 Å². The third kappa shape index (κ3) is 2.16. The molecule has 4 heteroatoms. The molecule has 0 amide bonds. The Labute approximate surface area is 94.4 Å². The van der Waals surface area contributed by atoms with E-state index in [0.29, 0.717) is 5.75 Å². The predicted molar refractivity (Wildman–Crippen MR) is 59.7 cm³/mol. The molecule has 0 saturated heterocycles. The SMILES string of the molecule is COc1ccc(C(F)(F)C(C)(C)CN)cc1. The Hall–Kier alpha value is -1.16. The first-order valence-electron chi connectivity index (χ1n) is 5.07. The van der Waals surface area contributed by atoms with Gasteiger partial charge in [0.2, 0.25) is 0 Å². The fourth-order valence-electron chi connectivity index (χ4n) is 1.32. The van der Waals surface area contributed by atoms with Crippen molar-refractivity contribution in [3.63, 3.8) is 0 Å². The lowest BCUT2D eigenvalue weighted by molar-refractivity contribution is -0.108. The second-order valence-electron chi connectivity index (χ2n) is 4.39. The Balaban J connectivity index is 3.07. The van der Waals surface area contributed by atoms with Crippen molar-refractivity contribution in [2.24, 2.45) is 11.1 Å². The highest BCUT2D eigenvalue weighted by atomic mass is 19.3. The maximum Gasteiger partial charge on any atom is 0.279 e. The summed E-state index contributed by atoms with van der Waals surface area (Å²) in [5.74, 6) is -2.39. The Morgan fingerprint density at radius 1 is 1.19 bits per heavy atom. The molecule has 0 aliphatic carbocycles. The van der Waals surface area contributed by atoms with Gasteiger partial charge in [0.15, 0.2) is 0 Å². The van der Waals surface area contributed by atoms with E-state index in [1.165, 1.54) is 45.2 Å². The van der Waals surface area contributed by atoms with Crippen molar-refractivity contribution < 1.29 is 13.5 Å². The van der Waals surface area contributed by atoms with E-state index in [9.17, 15) is 8.78 Å². The third-order valence-electron chi connectivity index (χ3n) is 2.81. The topological polar surface area (TPSA) is 35.2 Å². The highest BCUT2D eigenvalue weighted by molar-refractivity contribution is 5.30. The van der Waals surface area contributed by atoms with Crippen molar-refractivity contribution in [3.05, 3.63) is 29.8 Å². The molecule has 0 spiro atoms. The molecule has 1 aromatic carbocycles. The highest BCUT2D eigenvalue weighted by Gasteiger charge is 2.46. The van der Waals surface area contributed by atoms with Crippen LogP contribution in [0, 0.1) is 5.41 Å². The fraction of sp³-hybridized carbons (Fsp3) is 0.500. The summed E-state index contributed by atoms with van der Waals surface area (Å²) in [6, 6.07) is 5.79. The van der Waals surface area contributed by atoms with E-state index in [0.717, 1.165) is 0 Å². The summed E-state index contributed by atoms with van der Waals surface area (Å²) >= 11 is 0. The number of hydrogen-bond donors (Lipinski definition) is 1. The maximum absolute atomic E-state index is 14.0. The first-order valence-corrected chi connectivity index (χ1v) is 5.07. The number of benzene rings is 1. The summed E-state index contributed by atoms with van der Waals surface area (Å²) in [6.07, 6.45) is 0. The second kappa shape index (κ2) is 4.37. The highest BCUT2D eigenvalue weighted by Crippen LogP contribution is 2.44. The van der Waals surface area contributed by atoms with Crippen molar-refractivity contribution in [1.29, 1.82) is 0 Å². The smallest absolute Gasteiger partial charge is 0.279 e. The molecular weight excluding hydrogens is 212 g/mol. The number of halogens is 2. The largest absolute Gasteiger partial charge is 0.497 e. The van der Waals surface area contributed by atoms with E-state index in [1.54, 1.807) is 0 Å². The maximum atomic E-state index is 14.0. The molecular formula is C12H17F2NO. The van der Waals surface area contributed by atoms with Crippen molar-refractivity contribution in [1.82, 2.24) is 0 Å². The van der Waals surface area contributed by atoms with Gasteiger partial charge >= 0.3 is 0 Å². The van der Waals surface area contributed by atoms with Crippen molar-refractivity contribution in [2.75, 3.05) is 13.7 Å². The van der Waals surface area contributed by atoms with Gasteiger partial charge in [0.05, 0.1) is 7.11 Å². The average Bonchev–Trinajstić information content (AvgIpc) is 2.29. The molecule has 16 heavy (non-hydrogen) atoms. The molecule has 90 valence electrons. The Kier molecular flexibility index (Phi) is 3.53. The lowest BCUT2D eigenvalue weighted by Crippen LogP contribution is -2.40. The molecule has 0 aliphatic heterocycles. The molecule has 0 saturated carbocycles. The van der Waals surface area contributed by atoms with Gasteiger partial charge in [0.1, 0.15) is 5.75 Å². The zero-order valence-corrected chi connectivity index (χ0v) is 9.76. The van der Waals surface area contributed by atoms with Crippen LogP contribution < -0.4 is 10.5 Å². The molecule has 2 N–H and O–H groups in total. The van der Waals surface area contributed by atoms with Gasteiger partial charge in [-0.3, -0.25) is 0 Å². The summed E-state index contributed by atoms with van der Waals surface area (Å²) < 4.78 is 33.0. The zero-order valence-electron chi connectivity index (χ0n) is 9.76. The summed E-state index contributed by atoms with van der Waals surface area (Å²) in [5.41, 5.74) is 4.08. The van der Waals surface area contributed by atoms with E-state index >= 15 is 0 Å². The summed E-state index contributed by atoms with van der Waals surface area (Å²) in [5, 5.41) is 0. The van der Waals surface area contributed by atoms with Crippen LogP contribution in [0.5, 0.6) is 5.75 Å². The summed E-state index contributed by atoms with van der Waals surface area (Å²) in [7, 11) is 1.50. The number of alkyl halides is 2. The van der Waals surface area contributed by atoms with Gasteiger partial charge in [-0.1, -0.05) is 13.8 Å². The van der Waals surface area contributed by atoms with Gasteiger partial charge in [0.25, 0.3) is 5.92 Å². The van der Waals surface area contributed by atoms with Crippen LogP contribution in [0.15, 0.2) is 24.3 Å². The summed E-state index contributed by atoms with van der Waals surface area (Å²) in [6.45, 7) is 2.83. The lowest BCUT2D eigenvalue weighted by Gasteiger charge is -2.33. The monoisotopic (exact) mass is 229 g/mol. The van der Waals surface area contributed by atoms with Gasteiger partial charge in [-0.2, -0.15) is 0 Å². The van der Waals surface area contributed by atoms with E-state index in [4.69, 9.17) is 10.5 Å². The van der Waals surface area contributed by atoms with Crippen molar-refractivity contribution >= 4 is 0 Å². The molecule has 0 aliphatic rings. The van der Waals surface area contributed by atoms with Crippen LogP contribution in [0.2, 0.25) is 0 Å². The van der Waals surface area contributed by atoms with Gasteiger partial charge < -0.3 is 10.5 Å². The molecule has 1 rings (SSSR count). The fourth-order valence-corrected chi connectivity index (χ4v) is 1.32. The van der Waals surface area contributed by atoms with Gasteiger partial charge in [-0.05, 0) is 24.3 Å². The van der Waals surface area contributed by atoms with Crippen LogP contribution in [-0.2, 0) is 5.92 Å². The molecule has 0 bridgehead atoms. The van der Waals surface area contributed by atoms with Gasteiger partial charge in [0, 0.05) is 17.5 Å². The van der Waals surface area contributed by atoms with Crippen LogP contribution in [-0.4, -0.2) is 13.7 Å². The van der Waals surface area contributed by atoms with E-state index in [2.05, 4.69) is 0 Å². The molecule has 2 nitrogen and oxygen atoms in total. The first-order chi connectivity index (χ1) is 7.35. The van der Waals surface area contributed by atoms with Crippen molar-refractivity contribution in [3.8, 4) is 5.75 Å². The molecule has 0 fully saturated rings. The third-order valence-corrected chi connectivity index (χ3v) is 2.81. The number of nitrogens with two attached hydrogens (primary N) is 1. The normalized spacial score (nSPS) is 12.6. The second-order valence-corrected chi connectivity index (χ2v) is 4.39. The Morgan fingerprint density at radius 2 is 1.69 bits per heavy atom. The van der Waals surface area contributed by atoms with Gasteiger partial charge in [-0.15, -0.1) is 0 Å². The molecule has 0 heterocycles. The zero-order chi connectivity index (χ0) is 12.4. The minimum Gasteiger partial charge on any atom is -0.497 e. The van der Waals surface area contributed by atoms with Gasteiger partial charge in [-0.25, -0.2) is 8.78 Å². The number of hydrogen-bond acceptors (Lipinski definition) is 2. The minimum atomic E-state index is -2.95. The quantitative estimate of drug-likeness (QED) is 0.861. The average molecular weight is 229 g/mol. The summed E-state index contributed by atoms with van der Waals surface area (Å²) in [4.78, 5) is 0. The Morgan fingerprint density at radius 3 is 2.06 bits per heavy atom. The van der Waals surface area contributed by atoms with Crippen molar-refractivity contribution in [2.45, 2.75) is 19.8 Å². The first kappa shape index (κ1) is 12.9. The van der Waals surface area contributed by atoms with Crippen LogP contribution >= 0.6 is 0 Å². The molecule has 1 aromatic rings. The molecule has 0 aromatic heterocycles. The minimum absolute atomic E-state index is 0.0382. The van der Waals surface area contributed by atoms with Crippen LogP contribution in [0.1, 0.15) is 19.4 Å². The van der Waals surface area contributed by atoms with Crippen LogP contribution in [0.3, 0.4) is 0 Å². The number of ether oxygens (including phenoxy) is 1. The number of rotatable bonds is 4. The predicted octanol–water partition coefficient (Wildman–Crippen LogP) is 2.77. The molecule has 0 radical (unpaired) electrons. The molecule has 0 unspecified atom stereocenters. The van der Waals surface area contributed by atoms with Crippen LogP contribution in [0.4, 0.5) is 8.78 Å². The van der Waals surface area contributed by atoms with Crippen LogP contribution in [0.25, 0.3) is 0 Å².